The minimum atomic E-state index is -0.424. The van der Waals surface area contributed by atoms with Crippen LogP contribution in [0, 0.1) is 5.82 Å². The highest BCUT2D eigenvalue weighted by molar-refractivity contribution is 5.92. The lowest BCUT2D eigenvalue weighted by Crippen LogP contribution is -2.41. The third kappa shape index (κ3) is 3.04. The Morgan fingerprint density at radius 2 is 2.44 bits per heavy atom. The van der Waals surface area contributed by atoms with Crippen LogP contribution in [0.3, 0.4) is 0 Å². The molecule has 0 radical (unpaired) electrons. The van der Waals surface area contributed by atoms with Crippen LogP contribution in [-0.2, 0) is 0 Å². The van der Waals surface area contributed by atoms with E-state index in [0.717, 1.165) is 25.6 Å². The zero-order valence-corrected chi connectivity index (χ0v) is 10.5. The Balaban J connectivity index is 2.02. The van der Waals surface area contributed by atoms with Gasteiger partial charge in [-0.3, -0.25) is 4.79 Å². The summed E-state index contributed by atoms with van der Waals surface area (Å²) < 4.78 is 12.8. The number of likely N-dealkylation sites (N-methyl/N-ethyl adjacent to an activating group) is 1. The molecule has 1 atom stereocenters. The van der Waals surface area contributed by atoms with E-state index in [2.05, 4.69) is 10.3 Å². The average Bonchev–Trinajstić information content (AvgIpc) is 2.89. The molecule has 1 aliphatic heterocycles. The molecule has 1 fully saturated rings. The molecule has 1 amide bonds. The maximum atomic E-state index is 12.8. The normalized spacial score (nSPS) is 18.9. The Hall–Kier alpha value is -1.49. The van der Waals surface area contributed by atoms with Crippen LogP contribution >= 0.6 is 0 Å². The summed E-state index contributed by atoms with van der Waals surface area (Å²) in [5.41, 5.74) is 0.302. The summed E-state index contributed by atoms with van der Waals surface area (Å²) >= 11 is 0. The lowest BCUT2D eigenvalue weighted by Gasteiger charge is -2.24. The molecule has 5 heteroatoms. The summed E-state index contributed by atoms with van der Waals surface area (Å²) in [6.07, 6.45) is 3.33. The molecular weight excluding hydrogens is 233 g/mol. The predicted molar refractivity (Wildman–Crippen MR) is 66.8 cm³/mol. The summed E-state index contributed by atoms with van der Waals surface area (Å²) in [6.45, 7) is 4.28. The van der Waals surface area contributed by atoms with Gasteiger partial charge < -0.3 is 10.2 Å². The number of carbonyl (C=O) groups is 1. The number of aromatic nitrogens is 1. The van der Waals surface area contributed by atoms with Gasteiger partial charge in [-0.1, -0.05) is 0 Å². The van der Waals surface area contributed by atoms with Crippen LogP contribution in [0.5, 0.6) is 0 Å². The van der Waals surface area contributed by atoms with Crippen molar-refractivity contribution >= 4 is 5.91 Å². The van der Waals surface area contributed by atoms with Crippen molar-refractivity contribution in [1.29, 1.82) is 0 Å². The molecule has 1 aromatic rings. The van der Waals surface area contributed by atoms with Crippen LogP contribution in [0.15, 0.2) is 18.3 Å². The Labute approximate surface area is 106 Å². The number of carbonyl (C=O) groups excluding carboxylic acids is 1. The van der Waals surface area contributed by atoms with Crippen LogP contribution in [0.4, 0.5) is 4.39 Å². The van der Waals surface area contributed by atoms with Crippen molar-refractivity contribution in [2.75, 3.05) is 19.6 Å². The van der Waals surface area contributed by atoms with E-state index >= 15 is 0 Å². The molecule has 0 aliphatic carbocycles. The summed E-state index contributed by atoms with van der Waals surface area (Å²) in [5, 5.41) is 3.36. The summed E-state index contributed by atoms with van der Waals surface area (Å²) in [4.78, 5) is 17.8. The monoisotopic (exact) mass is 251 g/mol. The Morgan fingerprint density at radius 3 is 3.00 bits per heavy atom. The zero-order valence-electron chi connectivity index (χ0n) is 10.5. The molecule has 1 saturated heterocycles. The van der Waals surface area contributed by atoms with Gasteiger partial charge in [0.2, 0.25) is 0 Å². The fraction of sp³-hybridized carbons (Fsp3) is 0.538. The van der Waals surface area contributed by atoms with Gasteiger partial charge in [-0.15, -0.1) is 0 Å². The van der Waals surface area contributed by atoms with Gasteiger partial charge in [0.15, 0.2) is 0 Å². The van der Waals surface area contributed by atoms with Gasteiger partial charge in [-0.05, 0) is 38.4 Å². The molecule has 0 spiro atoms. The second-order valence-corrected chi connectivity index (χ2v) is 4.50. The molecule has 98 valence electrons. The number of nitrogens with zero attached hydrogens (tertiary/aromatic N) is 2. The second kappa shape index (κ2) is 5.91. The quantitative estimate of drug-likeness (QED) is 0.880. The predicted octanol–water partition coefficient (Wildman–Crippen LogP) is 1.43. The number of halogens is 1. The lowest BCUT2D eigenvalue weighted by molar-refractivity contribution is 0.0745. The van der Waals surface area contributed by atoms with Gasteiger partial charge in [0.25, 0.3) is 5.91 Å². The first kappa shape index (κ1) is 13.0. The molecular formula is C13H18FN3O. The van der Waals surface area contributed by atoms with Gasteiger partial charge in [0.1, 0.15) is 11.5 Å². The van der Waals surface area contributed by atoms with Crippen molar-refractivity contribution in [3.8, 4) is 0 Å². The van der Waals surface area contributed by atoms with Crippen molar-refractivity contribution in [1.82, 2.24) is 15.2 Å². The van der Waals surface area contributed by atoms with Gasteiger partial charge in [0.05, 0.1) is 6.20 Å². The third-order valence-electron chi connectivity index (χ3n) is 3.22. The molecule has 1 aromatic heterocycles. The van der Waals surface area contributed by atoms with E-state index in [1.807, 2.05) is 6.92 Å². The number of rotatable bonds is 4. The first-order valence-electron chi connectivity index (χ1n) is 6.35. The van der Waals surface area contributed by atoms with Crippen molar-refractivity contribution in [2.24, 2.45) is 0 Å². The van der Waals surface area contributed by atoms with E-state index in [-0.39, 0.29) is 5.91 Å². The molecule has 1 unspecified atom stereocenters. The first-order chi connectivity index (χ1) is 8.70. The van der Waals surface area contributed by atoms with Crippen LogP contribution in [0.1, 0.15) is 30.3 Å². The van der Waals surface area contributed by atoms with Crippen molar-refractivity contribution in [3.63, 3.8) is 0 Å². The number of hydrogen-bond acceptors (Lipinski definition) is 3. The molecule has 1 N–H and O–H groups in total. The van der Waals surface area contributed by atoms with Crippen molar-refractivity contribution < 1.29 is 9.18 Å². The first-order valence-corrected chi connectivity index (χ1v) is 6.35. The van der Waals surface area contributed by atoms with Gasteiger partial charge in [0, 0.05) is 19.1 Å². The molecule has 1 aliphatic rings. The zero-order chi connectivity index (χ0) is 13.0. The topological polar surface area (TPSA) is 45.2 Å². The van der Waals surface area contributed by atoms with Crippen molar-refractivity contribution in [3.05, 3.63) is 29.8 Å². The molecule has 2 heterocycles. The summed E-state index contributed by atoms with van der Waals surface area (Å²) in [7, 11) is 0. The standard InChI is InChI=1S/C13H18FN3O/c1-2-17(9-11-4-3-7-15-11)13(18)12-6-5-10(14)8-16-12/h5-6,8,11,15H,2-4,7,9H2,1H3. The van der Waals surface area contributed by atoms with Crippen LogP contribution in [-0.4, -0.2) is 41.5 Å². The van der Waals surface area contributed by atoms with E-state index < -0.39 is 5.82 Å². The molecule has 2 rings (SSSR count). The van der Waals surface area contributed by atoms with Crippen molar-refractivity contribution in [2.45, 2.75) is 25.8 Å². The average molecular weight is 251 g/mol. The van der Waals surface area contributed by atoms with E-state index in [4.69, 9.17) is 0 Å². The smallest absolute Gasteiger partial charge is 0.272 e. The highest BCUT2D eigenvalue weighted by atomic mass is 19.1. The summed E-state index contributed by atoms with van der Waals surface area (Å²) in [5.74, 6) is -0.557. The fourth-order valence-corrected chi connectivity index (χ4v) is 2.20. The molecule has 0 saturated carbocycles. The van der Waals surface area contributed by atoms with E-state index in [1.54, 1.807) is 4.90 Å². The van der Waals surface area contributed by atoms with Gasteiger partial charge >= 0.3 is 0 Å². The maximum absolute atomic E-state index is 12.8. The van der Waals surface area contributed by atoms with Gasteiger partial charge in [-0.2, -0.15) is 0 Å². The van der Waals surface area contributed by atoms with E-state index in [9.17, 15) is 9.18 Å². The van der Waals surface area contributed by atoms with Gasteiger partial charge in [-0.25, -0.2) is 9.37 Å². The second-order valence-electron chi connectivity index (χ2n) is 4.50. The number of nitrogens with one attached hydrogen (secondary N) is 1. The minimum Gasteiger partial charge on any atom is -0.336 e. The Kier molecular flexibility index (Phi) is 4.25. The molecule has 0 bridgehead atoms. The van der Waals surface area contributed by atoms with E-state index in [0.29, 0.717) is 24.8 Å². The summed E-state index contributed by atoms with van der Waals surface area (Å²) in [6, 6.07) is 3.07. The van der Waals surface area contributed by atoms with E-state index in [1.165, 1.54) is 12.1 Å². The SMILES string of the molecule is CCN(CC1CCCN1)C(=O)c1ccc(F)cn1. The highest BCUT2D eigenvalue weighted by Crippen LogP contribution is 2.09. The fourth-order valence-electron chi connectivity index (χ4n) is 2.20. The van der Waals surface area contributed by atoms with Crippen LogP contribution in [0.25, 0.3) is 0 Å². The van der Waals surface area contributed by atoms with Crippen LogP contribution in [0.2, 0.25) is 0 Å². The molecule has 0 aromatic carbocycles. The number of pyridine rings is 1. The maximum Gasteiger partial charge on any atom is 0.272 e. The Morgan fingerprint density at radius 1 is 1.61 bits per heavy atom. The lowest BCUT2D eigenvalue weighted by atomic mass is 10.2. The van der Waals surface area contributed by atoms with Crippen LogP contribution < -0.4 is 5.32 Å². The molecule has 18 heavy (non-hydrogen) atoms. The number of hydrogen-bond donors (Lipinski definition) is 1. The largest absolute Gasteiger partial charge is 0.336 e. The highest BCUT2D eigenvalue weighted by Gasteiger charge is 2.21. The molecule has 4 nitrogen and oxygen atoms in total. The minimum absolute atomic E-state index is 0.133. The number of amides is 1. The Bertz CT molecular complexity index is 401. The third-order valence-corrected chi connectivity index (χ3v) is 3.22.